The van der Waals surface area contributed by atoms with Gasteiger partial charge in [0, 0.05) is 16.7 Å². The minimum atomic E-state index is -4.15. The van der Waals surface area contributed by atoms with Gasteiger partial charge >= 0.3 is 0 Å². The molecule has 0 saturated carbocycles. The van der Waals surface area contributed by atoms with Crippen molar-refractivity contribution in [1.29, 1.82) is 0 Å². The third-order valence-electron chi connectivity index (χ3n) is 4.07. The zero-order valence-electron chi connectivity index (χ0n) is 15.9. The maximum Gasteiger partial charge on any atom is 0.271 e. The van der Waals surface area contributed by atoms with Crippen molar-refractivity contribution < 1.29 is 13.2 Å². The number of carbonyl (C=O) groups excluding carboxylic acids is 1. The van der Waals surface area contributed by atoms with Crippen LogP contribution < -0.4 is 4.31 Å². The lowest BCUT2D eigenvalue weighted by molar-refractivity contribution is -0.114. The molecule has 0 aliphatic rings. The van der Waals surface area contributed by atoms with E-state index >= 15 is 0 Å². The molecule has 3 rings (SSSR count). The molecular weight excluding hydrogens is 382 g/mol. The fourth-order valence-corrected chi connectivity index (χ4v) is 4.14. The van der Waals surface area contributed by atoms with Crippen LogP contribution in [0.2, 0.25) is 0 Å². The van der Waals surface area contributed by atoms with E-state index in [-0.39, 0.29) is 16.2 Å². The summed E-state index contributed by atoms with van der Waals surface area (Å²) in [6.45, 7) is 5.12. The van der Waals surface area contributed by atoms with Gasteiger partial charge in [0.25, 0.3) is 15.9 Å². The molecule has 0 spiro atoms. The first kappa shape index (κ1) is 20.1. The second kappa shape index (κ2) is 8.59. The Morgan fingerprint density at radius 1 is 0.828 bits per heavy atom. The Bertz CT molecular complexity index is 1200. The first-order valence-corrected chi connectivity index (χ1v) is 10.3. The van der Waals surface area contributed by atoms with E-state index < -0.39 is 15.9 Å². The second-order valence-corrected chi connectivity index (χ2v) is 8.09. The van der Waals surface area contributed by atoms with Gasteiger partial charge in [-0.05, 0) is 43.3 Å². The number of hydrogen-bond acceptors (Lipinski definition) is 3. The van der Waals surface area contributed by atoms with Gasteiger partial charge in [-0.25, -0.2) is 8.42 Å². The molecule has 144 valence electrons. The van der Waals surface area contributed by atoms with E-state index in [1.54, 1.807) is 42.5 Å². The average Bonchev–Trinajstić information content (AvgIpc) is 2.74. The molecule has 0 fully saturated rings. The lowest BCUT2D eigenvalue weighted by atomic mass is 10.1. The number of carbonyl (C=O) groups is 1. The molecule has 0 aliphatic heterocycles. The molecule has 29 heavy (non-hydrogen) atoms. The van der Waals surface area contributed by atoms with Crippen molar-refractivity contribution in [1.82, 2.24) is 0 Å². The van der Waals surface area contributed by atoms with Gasteiger partial charge in [-0.2, -0.15) is 4.31 Å². The fraction of sp³-hybridized carbons (Fsp3) is 0.0417. The van der Waals surface area contributed by atoms with E-state index in [1.807, 2.05) is 30.3 Å². The summed E-state index contributed by atoms with van der Waals surface area (Å²) in [6, 6.07) is 23.8. The SMILES string of the molecule is C=C(C)C(=O)N(c1ccccc1C#Cc1ccccc1)S(=O)(=O)c1ccccc1. The van der Waals surface area contributed by atoms with Gasteiger partial charge in [0.1, 0.15) is 0 Å². The normalized spacial score (nSPS) is 10.5. The number of anilines is 1. The van der Waals surface area contributed by atoms with Crippen molar-refractivity contribution in [2.75, 3.05) is 4.31 Å². The summed E-state index contributed by atoms with van der Waals surface area (Å²) in [7, 11) is -4.15. The third kappa shape index (κ3) is 4.45. The summed E-state index contributed by atoms with van der Waals surface area (Å²) in [6.07, 6.45) is 0. The zero-order valence-corrected chi connectivity index (χ0v) is 16.7. The largest absolute Gasteiger partial charge is 0.271 e. The van der Waals surface area contributed by atoms with E-state index in [9.17, 15) is 13.2 Å². The maximum absolute atomic E-state index is 13.3. The summed E-state index contributed by atoms with van der Waals surface area (Å²) in [5.74, 6) is 5.29. The number of amides is 1. The quantitative estimate of drug-likeness (QED) is 0.481. The van der Waals surface area contributed by atoms with Crippen LogP contribution in [0.25, 0.3) is 0 Å². The Hall–Kier alpha value is -3.62. The Kier molecular flexibility index (Phi) is 5.96. The molecule has 0 bridgehead atoms. The van der Waals surface area contributed by atoms with Gasteiger partial charge in [0.05, 0.1) is 10.6 Å². The standard InChI is InChI=1S/C24H19NO3S/c1-19(2)24(26)25(29(27,28)22-14-7-4-8-15-22)23-16-10-9-13-21(23)18-17-20-11-5-3-6-12-20/h3-16H,1H2,2H3. The van der Waals surface area contributed by atoms with Crippen LogP contribution in [0.1, 0.15) is 18.1 Å². The van der Waals surface area contributed by atoms with Crippen LogP contribution >= 0.6 is 0 Å². The van der Waals surface area contributed by atoms with Gasteiger partial charge in [-0.1, -0.05) is 67.0 Å². The maximum atomic E-state index is 13.3. The van der Waals surface area contributed by atoms with Gasteiger partial charge in [-0.3, -0.25) is 4.79 Å². The highest BCUT2D eigenvalue weighted by atomic mass is 32.2. The molecular formula is C24H19NO3S. The highest BCUT2D eigenvalue weighted by Crippen LogP contribution is 2.28. The van der Waals surface area contributed by atoms with Crippen molar-refractivity contribution in [3.63, 3.8) is 0 Å². The summed E-state index contributed by atoms with van der Waals surface area (Å²) in [5.41, 5.74) is 1.50. The third-order valence-corrected chi connectivity index (χ3v) is 5.78. The van der Waals surface area contributed by atoms with E-state index in [0.717, 1.165) is 9.87 Å². The second-order valence-electron chi connectivity index (χ2n) is 6.30. The smallest absolute Gasteiger partial charge is 0.268 e. The lowest BCUT2D eigenvalue weighted by Crippen LogP contribution is -2.37. The van der Waals surface area contributed by atoms with Crippen LogP contribution in [0.3, 0.4) is 0 Å². The molecule has 0 N–H and O–H groups in total. The van der Waals surface area contributed by atoms with Crippen LogP contribution in [0, 0.1) is 11.8 Å². The van der Waals surface area contributed by atoms with Crippen LogP contribution in [-0.4, -0.2) is 14.3 Å². The number of nitrogens with zero attached hydrogens (tertiary/aromatic N) is 1. The minimum Gasteiger partial charge on any atom is -0.268 e. The molecule has 0 saturated heterocycles. The molecule has 0 atom stereocenters. The van der Waals surface area contributed by atoms with E-state index in [0.29, 0.717) is 5.56 Å². The Morgan fingerprint density at radius 2 is 1.38 bits per heavy atom. The molecule has 1 amide bonds. The number of para-hydroxylation sites is 1. The van der Waals surface area contributed by atoms with E-state index in [2.05, 4.69) is 18.4 Å². The molecule has 3 aromatic rings. The van der Waals surface area contributed by atoms with Crippen molar-refractivity contribution in [3.8, 4) is 11.8 Å². The Balaban J connectivity index is 2.17. The molecule has 0 aromatic heterocycles. The summed E-state index contributed by atoms with van der Waals surface area (Å²) < 4.78 is 27.4. The van der Waals surface area contributed by atoms with E-state index in [1.165, 1.54) is 19.1 Å². The molecule has 4 nitrogen and oxygen atoms in total. The van der Waals surface area contributed by atoms with Crippen LogP contribution in [0.4, 0.5) is 5.69 Å². The number of rotatable bonds is 4. The Labute approximate surface area is 171 Å². The fourth-order valence-electron chi connectivity index (χ4n) is 2.64. The predicted octanol–water partition coefficient (Wildman–Crippen LogP) is 4.38. The van der Waals surface area contributed by atoms with Crippen molar-refractivity contribution >= 4 is 21.6 Å². The summed E-state index contributed by atoms with van der Waals surface area (Å²) in [5, 5.41) is 0. The Morgan fingerprint density at radius 3 is 2.00 bits per heavy atom. The van der Waals surface area contributed by atoms with Gasteiger partial charge < -0.3 is 0 Å². The highest BCUT2D eigenvalue weighted by molar-refractivity contribution is 7.93. The monoisotopic (exact) mass is 401 g/mol. The summed E-state index contributed by atoms with van der Waals surface area (Å²) >= 11 is 0. The lowest BCUT2D eigenvalue weighted by Gasteiger charge is -2.24. The van der Waals surface area contributed by atoms with Crippen LogP contribution in [-0.2, 0) is 14.8 Å². The molecule has 3 aromatic carbocycles. The van der Waals surface area contributed by atoms with Gasteiger partial charge in [0.2, 0.25) is 0 Å². The van der Waals surface area contributed by atoms with Crippen LogP contribution in [0.5, 0.6) is 0 Å². The summed E-state index contributed by atoms with van der Waals surface area (Å²) in [4.78, 5) is 12.9. The van der Waals surface area contributed by atoms with Gasteiger partial charge in [0.15, 0.2) is 0 Å². The first-order chi connectivity index (χ1) is 13.9. The predicted molar refractivity (Wildman–Crippen MR) is 115 cm³/mol. The average molecular weight is 401 g/mol. The first-order valence-electron chi connectivity index (χ1n) is 8.87. The molecule has 0 heterocycles. The number of hydrogen-bond donors (Lipinski definition) is 0. The molecule has 0 unspecified atom stereocenters. The van der Waals surface area contributed by atoms with Crippen molar-refractivity contribution in [2.45, 2.75) is 11.8 Å². The molecule has 0 aliphatic carbocycles. The molecule has 5 heteroatoms. The number of benzene rings is 3. The minimum absolute atomic E-state index is 0.0143. The van der Waals surface area contributed by atoms with Crippen LogP contribution in [0.15, 0.2) is 102 Å². The van der Waals surface area contributed by atoms with Crippen molar-refractivity contribution in [3.05, 3.63) is 108 Å². The van der Waals surface area contributed by atoms with Gasteiger partial charge in [-0.15, -0.1) is 0 Å². The van der Waals surface area contributed by atoms with Crippen molar-refractivity contribution in [2.24, 2.45) is 0 Å². The zero-order chi connectivity index (χ0) is 20.9. The number of sulfonamides is 1. The van der Waals surface area contributed by atoms with E-state index in [4.69, 9.17) is 0 Å². The highest BCUT2D eigenvalue weighted by Gasteiger charge is 2.32. The molecule has 0 radical (unpaired) electrons. The topological polar surface area (TPSA) is 54.5 Å².